The zero-order chi connectivity index (χ0) is 6.04. The van der Waals surface area contributed by atoms with Gasteiger partial charge in [0.2, 0.25) is 0 Å². The van der Waals surface area contributed by atoms with E-state index in [1.807, 2.05) is 12.2 Å². The second-order valence-electron chi connectivity index (χ2n) is 2.27. The molecule has 1 rings (SSSR count). The summed E-state index contributed by atoms with van der Waals surface area (Å²) in [5, 5.41) is 0. The predicted molar refractivity (Wildman–Crippen MR) is 32.4 cm³/mol. The molecule has 0 aromatic heterocycles. The first-order chi connectivity index (χ1) is 3.71. The van der Waals surface area contributed by atoms with Crippen molar-refractivity contribution in [3.8, 4) is 0 Å². The van der Waals surface area contributed by atoms with E-state index in [2.05, 4.69) is 0 Å². The third kappa shape index (κ3) is 1.19. The smallest absolute Gasteiger partial charge is 0.130 e. The molecule has 0 saturated heterocycles. The van der Waals surface area contributed by atoms with Crippen LogP contribution in [0.1, 0.15) is 13.3 Å². The van der Waals surface area contributed by atoms with Gasteiger partial charge in [-0.15, -0.1) is 0 Å². The molecule has 1 aliphatic rings. The molecule has 44 valence electrons. The van der Waals surface area contributed by atoms with Crippen LogP contribution < -0.4 is 0 Å². The van der Waals surface area contributed by atoms with E-state index in [1.54, 1.807) is 19.1 Å². The number of rotatable bonds is 0. The average Bonchev–Trinajstić information content (AvgIpc) is 1.65. The summed E-state index contributed by atoms with van der Waals surface area (Å²) in [4.78, 5) is 0. The molecule has 0 amide bonds. The van der Waals surface area contributed by atoms with Crippen LogP contribution in [0.25, 0.3) is 0 Å². The molecule has 0 heterocycles. The molecule has 0 nitrogen and oxygen atoms in total. The molecule has 0 spiro atoms. The molecular weight excluding hydrogens is 103 g/mol. The molecule has 0 aromatic carbocycles. The molecule has 0 fully saturated rings. The first-order valence-electron chi connectivity index (χ1n) is 2.74. The van der Waals surface area contributed by atoms with Crippen molar-refractivity contribution in [1.29, 1.82) is 0 Å². The fraction of sp³-hybridized carbons (Fsp3) is 0.429. The normalized spacial score (nSPS) is 35.8. The molecular formula is C7H9F. The van der Waals surface area contributed by atoms with Crippen LogP contribution in [0.3, 0.4) is 0 Å². The fourth-order valence-corrected chi connectivity index (χ4v) is 0.701. The Bertz CT molecular complexity index is 131. The lowest BCUT2D eigenvalue weighted by molar-refractivity contribution is 0.259. The second kappa shape index (κ2) is 1.73. The number of alkyl halides is 1. The van der Waals surface area contributed by atoms with Gasteiger partial charge in [-0.05, 0) is 13.0 Å². The van der Waals surface area contributed by atoms with Crippen LogP contribution in [-0.4, -0.2) is 5.67 Å². The third-order valence-corrected chi connectivity index (χ3v) is 1.21. The van der Waals surface area contributed by atoms with Crippen LogP contribution in [-0.2, 0) is 0 Å². The highest BCUT2D eigenvalue weighted by Gasteiger charge is 2.17. The minimum absolute atomic E-state index is 0.517. The van der Waals surface area contributed by atoms with Crippen LogP contribution in [0, 0.1) is 0 Å². The first-order valence-corrected chi connectivity index (χ1v) is 2.74. The number of halogens is 1. The lowest BCUT2D eigenvalue weighted by atomic mass is 10.0. The predicted octanol–water partition coefficient (Wildman–Crippen LogP) is 2.23. The highest BCUT2D eigenvalue weighted by molar-refractivity contribution is 5.16. The minimum Gasteiger partial charge on any atom is -0.239 e. The number of allylic oxidation sites excluding steroid dienone is 4. The van der Waals surface area contributed by atoms with Crippen LogP contribution in [0.15, 0.2) is 24.3 Å². The Morgan fingerprint density at radius 3 is 2.50 bits per heavy atom. The Labute approximate surface area is 48.7 Å². The summed E-state index contributed by atoms with van der Waals surface area (Å²) in [5.41, 5.74) is -1.09. The molecule has 0 aromatic rings. The topological polar surface area (TPSA) is 0 Å². The van der Waals surface area contributed by atoms with Gasteiger partial charge in [0.05, 0.1) is 0 Å². The molecule has 0 radical (unpaired) electrons. The Morgan fingerprint density at radius 1 is 1.50 bits per heavy atom. The maximum absolute atomic E-state index is 12.7. The van der Waals surface area contributed by atoms with Gasteiger partial charge in [0, 0.05) is 6.42 Å². The van der Waals surface area contributed by atoms with E-state index in [0.717, 1.165) is 0 Å². The summed E-state index contributed by atoms with van der Waals surface area (Å²) >= 11 is 0. The molecule has 0 N–H and O–H groups in total. The van der Waals surface area contributed by atoms with E-state index in [4.69, 9.17) is 0 Å². The van der Waals surface area contributed by atoms with Crippen molar-refractivity contribution >= 4 is 0 Å². The Balaban J connectivity index is 2.65. The second-order valence-corrected chi connectivity index (χ2v) is 2.27. The molecule has 0 saturated carbocycles. The van der Waals surface area contributed by atoms with Gasteiger partial charge in [-0.25, -0.2) is 4.39 Å². The maximum Gasteiger partial charge on any atom is 0.130 e. The van der Waals surface area contributed by atoms with E-state index in [-0.39, 0.29) is 0 Å². The van der Waals surface area contributed by atoms with Gasteiger partial charge < -0.3 is 0 Å². The molecule has 0 bridgehead atoms. The van der Waals surface area contributed by atoms with Gasteiger partial charge in [0.1, 0.15) is 5.67 Å². The van der Waals surface area contributed by atoms with E-state index in [1.165, 1.54) is 0 Å². The first kappa shape index (κ1) is 5.54. The van der Waals surface area contributed by atoms with Gasteiger partial charge in [0.25, 0.3) is 0 Å². The Hall–Kier alpha value is -0.590. The van der Waals surface area contributed by atoms with Crippen molar-refractivity contribution in [2.24, 2.45) is 0 Å². The summed E-state index contributed by atoms with van der Waals surface area (Å²) < 4.78 is 12.7. The summed E-state index contributed by atoms with van der Waals surface area (Å²) in [7, 11) is 0. The summed E-state index contributed by atoms with van der Waals surface area (Å²) in [6.45, 7) is 1.58. The van der Waals surface area contributed by atoms with E-state index in [0.29, 0.717) is 6.42 Å². The molecule has 1 heteroatoms. The monoisotopic (exact) mass is 112 g/mol. The zero-order valence-corrected chi connectivity index (χ0v) is 4.89. The van der Waals surface area contributed by atoms with Gasteiger partial charge in [-0.3, -0.25) is 0 Å². The molecule has 1 unspecified atom stereocenters. The van der Waals surface area contributed by atoms with Gasteiger partial charge in [-0.2, -0.15) is 0 Å². The molecule has 1 atom stereocenters. The van der Waals surface area contributed by atoms with Crippen LogP contribution >= 0.6 is 0 Å². The molecule has 8 heavy (non-hydrogen) atoms. The van der Waals surface area contributed by atoms with Gasteiger partial charge in [-0.1, -0.05) is 18.2 Å². The number of hydrogen-bond donors (Lipinski definition) is 0. The fourth-order valence-electron chi connectivity index (χ4n) is 0.701. The molecule has 1 aliphatic carbocycles. The lowest BCUT2D eigenvalue weighted by Crippen LogP contribution is -2.13. The summed E-state index contributed by atoms with van der Waals surface area (Å²) in [5.74, 6) is 0. The summed E-state index contributed by atoms with van der Waals surface area (Å²) in [6.07, 6.45) is 7.53. The standard InChI is InChI=1S/C7H9F/c1-7(8)5-3-2-4-6-7/h2-5H,6H2,1H3. The maximum atomic E-state index is 12.7. The van der Waals surface area contributed by atoms with Gasteiger partial charge in [0.15, 0.2) is 0 Å². The van der Waals surface area contributed by atoms with Crippen molar-refractivity contribution in [2.75, 3.05) is 0 Å². The van der Waals surface area contributed by atoms with Crippen molar-refractivity contribution < 1.29 is 4.39 Å². The van der Waals surface area contributed by atoms with Crippen LogP contribution in [0.5, 0.6) is 0 Å². The third-order valence-electron chi connectivity index (χ3n) is 1.21. The highest BCUT2D eigenvalue weighted by atomic mass is 19.1. The average molecular weight is 112 g/mol. The summed E-state index contributed by atoms with van der Waals surface area (Å²) in [6, 6.07) is 0. The lowest BCUT2D eigenvalue weighted by Gasteiger charge is -2.14. The van der Waals surface area contributed by atoms with Crippen LogP contribution in [0.2, 0.25) is 0 Å². The zero-order valence-electron chi connectivity index (χ0n) is 4.89. The SMILES string of the molecule is CC1(F)C=CC=CC1. The van der Waals surface area contributed by atoms with E-state index < -0.39 is 5.67 Å². The van der Waals surface area contributed by atoms with Crippen LogP contribution in [0.4, 0.5) is 4.39 Å². The largest absolute Gasteiger partial charge is 0.239 e. The number of hydrogen-bond acceptors (Lipinski definition) is 0. The van der Waals surface area contributed by atoms with Crippen molar-refractivity contribution in [1.82, 2.24) is 0 Å². The Morgan fingerprint density at radius 2 is 2.25 bits per heavy atom. The Kier molecular flexibility index (Phi) is 1.20. The van der Waals surface area contributed by atoms with Crippen molar-refractivity contribution in [3.05, 3.63) is 24.3 Å². The van der Waals surface area contributed by atoms with Crippen molar-refractivity contribution in [2.45, 2.75) is 19.0 Å². The van der Waals surface area contributed by atoms with E-state index in [9.17, 15) is 4.39 Å². The molecule has 0 aliphatic heterocycles. The minimum atomic E-state index is -1.09. The van der Waals surface area contributed by atoms with Crippen molar-refractivity contribution in [3.63, 3.8) is 0 Å². The van der Waals surface area contributed by atoms with Gasteiger partial charge >= 0.3 is 0 Å². The quantitative estimate of drug-likeness (QED) is 0.450. The van der Waals surface area contributed by atoms with E-state index >= 15 is 0 Å². The highest BCUT2D eigenvalue weighted by Crippen LogP contribution is 2.20.